The molecular weight excluding hydrogens is 222 g/mol. The van der Waals surface area contributed by atoms with Crippen molar-refractivity contribution in [1.82, 2.24) is 9.78 Å². The number of nitrogens with zero attached hydrogens (tertiary/aromatic N) is 2. The number of hydrogen-bond acceptors (Lipinski definition) is 2. The summed E-state index contributed by atoms with van der Waals surface area (Å²) >= 11 is 6.23. The lowest BCUT2D eigenvalue weighted by molar-refractivity contribution is 0.491. The zero-order valence-corrected chi connectivity index (χ0v) is 10.6. The monoisotopic (exact) mass is 241 g/mol. The van der Waals surface area contributed by atoms with E-state index in [1.54, 1.807) is 6.20 Å². The second kappa shape index (κ2) is 5.19. The first-order valence-corrected chi connectivity index (χ1v) is 6.57. The summed E-state index contributed by atoms with van der Waals surface area (Å²) in [6, 6.07) is 0.323. The third kappa shape index (κ3) is 2.41. The average molecular weight is 242 g/mol. The molecule has 1 fully saturated rings. The standard InChI is InChI=1S/C12H20ClN3/c1-2-16-12(11(13)8-15-16)9-5-3-4-6-10(14)7-9/h8-10H,2-7,14H2,1H3. The molecule has 16 heavy (non-hydrogen) atoms. The molecule has 1 heterocycles. The third-order valence-electron chi connectivity index (χ3n) is 3.48. The van der Waals surface area contributed by atoms with E-state index >= 15 is 0 Å². The average Bonchev–Trinajstić information content (AvgIpc) is 2.50. The molecule has 1 aromatic heterocycles. The van der Waals surface area contributed by atoms with Crippen molar-refractivity contribution in [2.45, 2.75) is 57.5 Å². The lowest BCUT2D eigenvalue weighted by Crippen LogP contribution is -2.22. The predicted molar refractivity (Wildman–Crippen MR) is 66.7 cm³/mol. The first-order valence-electron chi connectivity index (χ1n) is 6.19. The summed E-state index contributed by atoms with van der Waals surface area (Å²) in [5.41, 5.74) is 7.30. The van der Waals surface area contributed by atoms with Crippen molar-refractivity contribution in [2.24, 2.45) is 5.73 Å². The summed E-state index contributed by atoms with van der Waals surface area (Å²) in [6.45, 7) is 2.98. The zero-order chi connectivity index (χ0) is 11.5. The number of aryl methyl sites for hydroxylation is 1. The molecule has 2 unspecified atom stereocenters. The Bertz CT molecular complexity index is 348. The van der Waals surface area contributed by atoms with E-state index in [0.717, 1.165) is 24.4 Å². The zero-order valence-electron chi connectivity index (χ0n) is 9.82. The minimum absolute atomic E-state index is 0.323. The molecule has 1 saturated carbocycles. The molecule has 0 radical (unpaired) electrons. The number of aromatic nitrogens is 2. The topological polar surface area (TPSA) is 43.8 Å². The van der Waals surface area contributed by atoms with Crippen LogP contribution in [-0.2, 0) is 6.54 Å². The summed E-state index contributed by atoms with van der Waals surface area (Å²) in [6.07, 6.45) is 7.65. The van der Waals surface area contributed by atoms with E-state index in [1.165, 1.54) is 25.0 Å². The Morgan fingerprint density at radius 1 is 1.50 bits per heavy atom. The molecule has 90 valence electrons. The maximum atomic E-state index is 6.23. The van der Waals surface area contributed by atoms with E-state index in [-0.39, 0.29) is 0 Å². The van der Waals surface area contributed by atoms with Gasteiger partial charge in [-0.1, -0.05) is 24.4 Å². The maximum absolute atomic E-state index is 6.23. The van der Waals surface area contributed by atoms with E-state index in [9.17, 15) is 0 Å². The lowest BCUT2D eigenvalue weighted by atomic mass is 9.95. The SMILES string of the molecule is CCn1ncc(Cl)c1C1CCCCC(N)C1. The van der Waals surface area contributed by atoms with Crippen molar-refractivity contribution in [1.29, 1.82) is 0 Å². The van der Waals surface area contributed by atoms with Crippen molar-refractivity contribution >= 4 is 11.6 Å². The molecule has 2 rings (SSSR count). The summed E-state index contributed by atoms with van der Waals surface area (Å²) < 4.78 is 2.02. The molecule has 3 nitrogen and oxygen atoms in total. The van der Waals surface area contributed by atoms with Gasteiger partial charge in [-0.05, 0) is 26.2 Å². The summed E-state index contributed by atoms with van der Waals surface area (Å²) in [5, 5.41) is 5.12. The molecule has 0 bridgehead atoms. The summed E-state index contributed by atoms with van der Waals surface area (Å²) in [7, 11) is 0. The van der Waals surface area contributed by atoms with Crippen LogP contribution in [0.5, 0.6) is 0 Å². The Labute approximate surface area is 102 Å². The molecule has 0 saturated heterocycles. The van der Waals surface area contributed by atoms with Gasteiger partial charge in [0.2, 0.25) is 0 Å². The molecule has 0 amide bonds. The van der Waals surface area contributed by atoms with E-state index in [0.29, 0.717) is 12.0 Å². The molecule has 0 spiro atoms. The van der Waals surface area contributed by atoms with Gasteiger partial charge in [-0.2, -0.15) is 5.10 Å². The van der Waals surface area contributed by atoms with Gasteiger partial charge < -0.3 is 5.73 Å². The fourth-order valence-corrected chi connectivity index (χ4v) is 2.97. The largest absolute Gasteiger partial charge is 0.328 e. The van der Waals surface area contributed by atoms with Crippen molar-refractivity contribution in [3.63, 3.8) is 0 Å². The minimum atomic E-state index is 0.323. The second-order valence-electron chi connectivity index (χ2n) is 4.67. The predicted octanol–water partition coefficient (Wildman–Crippen LogP) is 2.93. The van der Waals surface area contributed by atoms with Crippen LogP contribution in [0.3, 0.4) is 0 Å². The van der Waals surface area contributed by atoms with Gasteiger partial charge in [-0.15, -0.1) is 0 Å². The molecule has 1 aromatic rings. The highest BCUT2D eigenvalue weighted by Crippen LogP contribution is 2.34. The fraction of sp³-hybridized carbons (Fsp3) is 0.750. The lowest BCUT2D eigenvalue weighted by Gasteiger charge is -2.18. The second-order valence-corrected chi connectivity index (χ2v) is 5.08. The van der Waals surface area contributed by atoms with Crippen LogP contribution in [-0.4, -0.2) is 15.8 Å². The van der Waals surface area contributed by atoms with Crippen LogP contribution < -0.4 is 5.73 Å². The van der Waals surface area contributed by atoms with Gasteiger partial charge in [0.1, 0.15) is 0 Å². The number of hydrogen-bond donors (Lipinski definition) is 1. The van der Waals surface area contributed by atoms with Crippen molar-refractivity contribution in [3.05, 3.63) is 16.9 Å². The Morgan fingerprint density at radius 3 is 3.00 bits per heavy atom. The molecule has 4 heteroatoms. The van der Waals surface area contributed by atoms with Gasteiger partial charge in [0, 0.05) is 18.5 Å². The van der Waals surface area contributed by atoms with E-state index < -0.39 is 0 Å². The van der Waals surface area contributed by atoms with Crippen LogP contribution in [0.2, 0.25) is 5.02 Å². The summed E-state index contributed by atoms with van der Waals surface area (Å²) in [5.74, 6) is 0.493. The van der Waals surface area contributed by atoms with Crippen molar-refractivity contribution in [3.8, 4) is 0 Å². The molecule has 1 aliphatic rings. The van der Waals surface area contributed by atoms with Crippen LogP contribution >= 0.6 is 11.6 Å². The third-order valence-corrected chi connectivity index (χ3v) is 3.78. The molecule has 0 aromatic carbocycles. The number of rotatable bonds is 2. The number of halogens is 1. The van der Waals surface area contributed by atoms with Gasteiger partial charge in [0.25, 0.3) is 0 Å². The molecule has 0 aliphatic heterocycles. The van der Waals surface area contributed by atoms with Crippen LogP contribution in [0.25, 0.3) is 0 Å². The van der Waals surface area contributed by atoms with Crippen LogP contribution in [0.4, 0.5) is 0 Å². The fourth-order valence-electron chi connectivity index (χ4n) is 2.68. The molecule has 2 atom stereocenters. The van der Waals surface area contributed by atoms with Gasteiger partial charge in [-0.25, -0.2) is 0 Å². The highest BCUT2D eigenvalue weighted by molar-refractivity contribution is 6.31. The summed E-state index contributed by atoms with van der Waals surface area (Å²) in [4.78, 5) is 0. The quantitative estimate of drug-likeness (QED) is 0.810. The Kier molecular flexibility index (Phi) is 3.87. The van der Waals surface area contributed by atoms with Gasteiger partial charge in [0.05, 0.1) is 16.9 Å². The van der Waals surface area contributed by atoms with Gasteiger partial charge in [0.15, 0.2) is 0 Å². The maximum Gasteiger partial charge on any atom is 0.0820 e. The smallest absolute Gasteiger partial charge is 0.0820 e. The Morgan fingerprint density at radius 2 is 2.25 bits per heavy atom. The minimum Gasteiger partial charge on any atom is -0.328 e. The number of nitrogens with two attached hydrogens (primary N) is 1. The van der Waals surface area contributed by atoms with Crippen molar-refractivity contribution in [2.75, 3.05) is 0 Å². The van der Waals surface area contributed by atoms with Crippen molar-refractivity contribution < 1.29 is 0 Å². The van der Waals surface area contributed by atoms with E-state index in [1.807, 2.05) is 4.68 Å². The van der Waals surface area contributed by atoms with E-state index in [2.05, 4.69) is 12.0 Å². The van der Waals surface area contributed by atoms with Crippen LogP contribution in [0.1, 0.15) is 50.6 Å². The van der Waals surface area contributed by atoms with Gasteiger partial charge >= 0.3 is 0 Å². The normalized spacial score (nSPS) is 26.7. The Balaban J connectivity index is 2.23. The highest BCUT2D eigenvalue weighted by Gasteiger charge is 2.24. The van der Waals surface area contributed by atoms with Crippen LogP contribution in [0.15, 0.2) is 6.20 Å². The highest BCUT2D eigenvalue weighted by atomic mass is 35.5. The molecular formula is C12H20ClN3. The Hall–Kier alpha value is -0.540. The molecule has 1 aliphatic carbocycles. The molecule has 2 N–H and O–H groups in total. The first kappa shape index (κ1) is 11.9. The van der Waals surface area contributed by atoms with Gasteiger partial charge in [-0.3, -0.25) is 4.68 Å². The van der Waals surface area contributed by atoms with Crippen LogP contribution in [0, 0.1) is 0 Å². The first-order chi connectivity index (χ1) is 7.72. The van der Waals surface area contributed by atoms with E-state index in [4.69, 9.17) is 17.3 Å².